The predicted octanol–water partition coefficient (Wildman–Crippen LogP) is 5.66. The van der Waals surface area contributed by atoms with Gasteiger partial charge >= 0.3 is 12.1 Å². The van der Waals surface area contributed by atoms with Gasteiger partial charge in [-0.3, -0.25) is 14.5 Å². The van der Waals surface area contributed by atoms with E-state index in [9.17, 15) is 14.4 Å². The summed E-state index contributed by atoms with van der Waals surface area (Å²) in [5, 5.41) is 2.92. The van der Waals surface area contributed by atoms with E-state index < -0.39 is 35.8 Å². The van der Waals surface area contributed by atoms with Gasteiger partial charge in [0.05, 0.1) is 12.1 Å². The molecule has 3 rings (SSSR count). The first-order valence-electron chi connectivity index (χ1n) is 13.6. The van der Waals surface area contributed by atoms with E-state index in [4.69, 9.17) is 9.47 Å². The number of hydrogen-bond donors (Lipinski definition) is 1. The number of ketones is 1. The van der Waals surface area contributed by atoms with Crippen LogP contribution in [0, 0.1) is 5.92 Å². The third-order valence-corrected chi connectivity index (χ3v) is 6.99. The second-order valence-corrected chi connectivity index (χ2v) is 11.1. The topological polar surface area (TPSA) is 84.9 Å². The minimum atomic E-state index is -0.676. The zero-order chi connectivity index (χ0) is 27.7. The molecular formula is C31H42N2O5. The quantitative estimate of drug-likeness (QED) is 0.383. The smallest absolute Gasteiger partial charge is 0.407 e. The summed E-state index contributed by atoms with van der Waals surface area (Å²) in [7, 11) is 0. The highest BCUT2D eigenvalue weighted by atomic mass is 16.6. The first kappa shape index (κ1) is 29.4. The number of hydrogen-bond acceptors (Lipinski definition) is 6. The summed E-state index contributed by atoms with van der Waals surface area (Å²) in [6, 6.07) is 17.3. The van der Waals surface area contributed by atoms with Gasteiger partial charge < -0.3 is 14.8 Å². The fourth-order valence-corrected chi connectivity index (χ4v) is 4.98. The van der Waals surface area contributed by atoms with E-state index in [1.165, 1.54) is 0 Å². The van der Waals surface area contributed by atoms with E-state index in [0.717, 1.165) is 24.0 Å². The van der Waals surface area contributed by atoms with Gasteiger partial charge in [-0.1, -0.05) is 87.4 Å². The fourth-order valence-electron chi connectivity index (χ4n) is 4.98. The lowest BCUT2D eigenvalue weighted by Crippen LogP contribution is -2.51. The van der Waals surface area contributed by atoms with Gasteiger partial charge in [0.2, 0.25) is 0 Å². The zero-order valence-corrected chi connectivity index (χ0v) is 23.3. The van der Waals surface area contributed by atoms with Gasteiger partial charge in [0.1, 0.15) is 18.2 Å². The molecule has 0 aliphatic carbocycles. The Balaban J connectivity index is 1.88. The first-order chi connectivity index (χ1) is 18.1. The van der Waals surface area contributed by atoms with Crippen LogP contribution in [0.1, 0.15) is 71.4 Å². The molecule has 2 aromatic rings. The summed E-state index contributed by atoms with van der Waals surface area (Å²) in [6.45, 7) is 10.2. The number of nitrogens with zero attached hydrogens (tertiary/aromatic N) is 1. The second-order valence-electron chi connectivity index (χ2n) is 11.1. The van der Waals surface area contributed by atoms with Crippen LogP contribution < -0.4 is 5.32 Å². The summed E-state index contributed by atoms with van der Waals surface area (Å²) < 4.78 is 11.2. The molecule has 0 saturated carbocycles. The number of carbonyl (C=O) groups is 3. The average Bonchev–Trinajstić information content (AvgIpc) is 3.23. The van der Waals surface area contributed by atoms with Crippen molar-refractivity contribution in [1.82, 2.24) is 10.2 Å². The van der Waals surface area contributed by atoms with Crippen molar-refractivity contribution >= 4 is 17.8 Å². The molecule has 3 atom stereocenters. The zero-order valence-electron chi connectivity index (χ0n) is 23.3. The lowest BCUT2D eigenvalue weighted by atomic mass is 9.91. The van der Waals surface area contributed by atoms with Crippen LogP contribution in [0.2, 0.25) is 0 Å². The molecule has 1 aliphatic rings. The van der Waals surface area contributed by atoms with Crippen LogP contribution in [0.5, 0.6) is 0 Å². The second kappa shape index (κ2) is 13.6. The van der Waals surface area contributed by atoms with E-state index in [1.807, 2.05) is 86.3 Å². The molecule has 7 heteroatoms. The van der Waals surface area contributed by atoms with Gasteiger partial charge in [-0.05, 0) is 44.2 Å². The van der Waals surface area contributed by atoms with Gasteiger partial charge in [0, 0.05) is 13.0 Å². The molecule has 1 aliphatic heterocycles. The maximum Gasteiger partial charge on any atom is 0.407 e. The van der Waals surface area contributed by atoms with Crippen LogP contribution >= 0.6 is 0 Å². The molecule has 0 aromatic heterocycles. The Bertz CT molecular complexity index is 1050. The van der Waals surface area contributed by atoms with Crippen LogP contribution in [0.4, 0.5) is 4.79 Å². The molecule has 38 heavy (non-hydrogen) atoms. The summed E-state index contributed by atoms with van der Waals surface area (Å²) in [6.07, 6.45) is 1.83. The number of ether oxygens (including phenoxy) is 2. The minimum Gasteiger partial charge on any atom is -0.459 e. The molecule has 1 heterocycles. The Morgan fingerprint density at radius 2 is 1.53 bits per heavy atom. The third-order valence-electron chi connectivity index (χ3n) is 6.99. The van der Waals surface area contributed by atoms with E-state index >= 15 is 0 Å². The molecule has 1 amide bonds. The van der Waals surface area contributed by atoms with E-state index in [-0.39, 0.29) is 24.7 Å². The number of benzene rings is 2. The van der Waals surface area contributed by atoms with Crippen LogP contribution in [0.3, 0.4) is 0 Å². The summed E-state index contributed by atoms with van der Waals surface area (Å²) in [5.74, 6) is -0.128. The summed E-state index contributed by atoms with van der Waals surface area (Å²) in [5.41, 5.74) is 1.17. The molecule has 1 unspecified atom stereocenters. The van der Waals surface area contributed by atoms with Gasteiger partial charge in [-0.15, -0.1) is 0 Å². The number of alkyl carbamates (subject to hydrolysis) is 1. The third kappa shape index (κ3) is 8.42. The standard InChI is InChI=1S/C31H42N2O5/c1-6-22(7-2)18-27(34)28-25(32-30(36)37-21-24-16-12-9-13-17-24)19-26(29(35)38-31(3,4)5)33(28)20-23-14-10-8-11-15-23/h8-17,22,25-26,28H,6-7,18-21H2,1-5H3,(H,32,36)/t25-,26?,28-/m1/s1. The van der Waals surface area contributed by atoms with Crippen molar-refractivity contribution in [3.63, 3.8) is 0 Å². The largest absolute Gasteiger partial charge is 0.459 e. The Labute approximate surface area is 226 Å². The SMILES string of the molecule is CCC(CC)CC(=O)[C@H]1[C@H](NC(=O)OCc2ccccc2)CC(C(=O)OC(C)(C)C)N1Cc1ccccc1. The Kier molecular flexibility index (Phi) is 10.5. The number of rotatable bonds is 11. The number of carbonyl (C=O) groups excluding carboxylic acids is 3. The predicted molar refractivity (Wildman–Crippen MR) is 147 cm³/mol. The first-order valence-corrected chi connectivity index (χ1v) is 13.6. The van der Waals surface area contributed by atoms with Gasteiger partial charge in [-0.25, -0.2) is 4.79 Å². The molecule has 1 fully saturated rings. The molecule has 0 spiro atoms. The number of esters is 1. The van der Waals surface area contributed by atoms with Gasteiger partial charge in [-0.2, -0.15) is 0 Å². The lowest BCUT2D eigenvalue weighted by molar-refractivity contribution is -0.161. The van der Waals surface area contributed by atoms with Crippen molar-refractivity contribution in [3.8, 4) is 0 Å². The highest BCUT2D eigenvalue weighted by Gasteiger charge is 2.49. The summed E-state index contributed by atoms with van der Waals surface area (Å²) in [4.78, 5) is 42.0. The van der Waals surface area contributed by atoms with Gasteiger partial charge in [0.25, 0.3) is 0 Å². The van der Waals surface area contributed by atoms with E-state index in [0.29, 0.717) is 13.0 Å². The Morgan fingerprint density at radius 3 is 2.08 bits per heavy atom. The van der Waals surface area contributed by atoms with Crippen LogP contribution in [-0.2, 0) is 32.2 Å². The molecule has 1 N–H and O–H groups in total. The van der Waals surface area contributed by atoms with Crippen LogP contribution in [0.25, 0.3) is 0 Å². The molecule has 7 nitrogen and oxygen atoms in total. The van der Waals surface area contributed by atoms with Crippen LogP contribution in [-0.4, -0.2) is 46.5 Å². The van der Waals surface area contributed by atoms with Crippen molar-refractivity contribution in [3.05, 3.63) is 71.8 Å². The van der Waals surface area contributed by atoms with Crippen molar-refractivity contribution in [2.45, 2.75) is 97.2 Å². The molecular weight excluding hydrogens is 480 g/mol. The van der Waals surface area contributed by atoms with Crippen molar-refractivity contribution in [2.24, 2.45) is 5.92 Å². The molecule has 206 valence electrons. The fraction of sp³-hybridized carbons (Fsp3) is 0.516. The normalized spacial score (nSPS) is 19.8. The van der Waals surface area contributed by atoms with Gasteiger partial charge in [0.15, 0.2) is 5.78 Å². The molecule has 0 bridgehead atoms. The highest BCUT2D eigenvalue weighted by Crippen LogP contribution is 2.32. The van der Waals surface area contributed by atoms with Crippen molar-refractivity contribution in [2.75, 3.05) is 0 Å². The van der Waals surface area contributed by atoms with E-state index in [1.54, 1.807) is 0 Å². The lowest BCUT2D eigenvalue weighted by Gasteiger charge is -2.32. The number of likely N-dealkylation sites (tertiary alicyclic amines) is 1. The van der Waals surface area contributed by atoms with E-state index in [2.05, 4.69) is 19.2 Å². The Morgan fingerprint density at radius 1 is 0.947 bits per heavy atom. The van der Waals surface area contributed by atoms with Crippen molar-refractivity contribution < 1.29 is 23.9 Å². The average molecular weight is 523 g/mol. The molecule has 0 radical (unpaired) electrons. The maximum atomic E-state index is 13.8. The number of amides is 1. The highest BCUT2D eigenvalue weighted by molar-refractivity contribution is 5.88. The van der Waals surface area contributed by atoms with Crippen LogP contribution in [0.15, 0.2) is 60.7 Å². The number of Topliss-reactive ketones (excluding diaryl/α,β-unsaturated/α-hetero) is 1. The summed E-state index contributed by atoms with van der Waals surface area (Å²) >= 11 is 0. The Hall–Kier alpha value is -3.19. The monoisotopic (exact) mass is 522 g/mol. The molecule has 1 saturated heterocycles. The van der Waals surface area contributed by atoms with Crippen molar-refractivity contribution in [1.29, 1.82) is 0 Å². The molecule has 2 aromatic carbocycles. The number of nitrogens with one attached hydrogen (secondary N) is 1. The maximum absolute atomic E-state index is 13.8. The minimum absolute atomic E-state index is 0.0223.